The average molecular weight is 470 g/mol. The Morgan fingerprint density at radius 3 is 2.62 bits per heavy atom. The van der Waals surface area contributed by atoms with Gasteiger partial charge in [-0.25, -0.2) is 18.1 Å². The first-order valence-electron chi connectivity index (χ1n) is 8.99. The molecule has 0 radical (unpaired) electrons. The lowest BCUT2D eigenvalue weighted by Gasteiger charge is -2.05. The lowest BCUT2D eigenvalue weighted by molar-refractivity contribution is 0.104. The van der Waals surface area contributed by atoms with Gasteiger partial charge in [-0.1, -0.05) is 47.6 Å². The van der Waals surface area contributed by atoms with Crippen molar-refractivity contribution in [2.24, 2.45) is 0 Å². The van der Waals surface area contributed by atoms with E-state index in [-0.39, 0.29) is 5.78 Å². The zero-order valence-electron chi connectivity index (χ0n) is 15.4. The van der Waals surface area contributed by atoms with Crippen molar-refractivity contribution in [2.75, 3.05) is 18.4 Å². The van der Waals surface area contributed by atoms with E-state index in [4.69, 9.17) is 11.6 Å². The van der Waals surface area contributed by atoms with E-state index in [1.165, 1.54) is 22.7 Å². The minimum absolute atomic E-state index is 0.140. The first kappa shape index (κ1) is 21.9. The molecule has 0 unspecified atom stereocenters. The van der Waals surface area contributed by atoms with Crippen LogP contribution in [0.1, 0.15) is 34.5 Å². The van der Waals surface area contributed by atoms with E-state index in [0.717, 1.165) is 19.3 Å². The van der Waals surface area contributed by atoms with Crippen LogP contribution < -0.4 is 10.0 Å². The Kier molecular flexibility index (Phi) is 7.79. The highest BCUT2D eigenvalue weighted by atomic mass is 35.5. The summed E-state index contributed by atoms with van der Waals surface area (Å²) in [5, 5.41) is 6.05. The Balaban J connectivity index is 1.36. The quantitative estimate of drug-likeness (QED) is 0.315. The maximum Gasteiger partial charge on any atom is 0.250 e. The van der Waals surface area contributed by atoms with Gasteiger partial charge in [0.15, 0.2) is 5.13 Å². The predicted octanol–water partition coefficient (Wildman–Crippen LogP) is 4.65. The van der Waals surface area contributed by atoms with Crippen LogP contribution in [0.5, 0.6) is 0 Å². The number of sulfonamides is 1. The first-order chi connectivity index (χ1) is 14.0. The number of aromatic nitrogens is 1. The lowest BCUT2D eigenvalue weighted by Crippen LogP contribution is -2.24. The molecule has 3 rings (SSSR count). The zero-order chi connectivity index (χ0) is 20.7. The maximum absolute atomic E-state index is 12.5. The summed E-state index contributed by atoms with van der Waals surface area (Å²) in [6.45, 7) is 1.11. The minimum Gasteiger partial charge on any atom is -0.362 e. The number of nitrogens with one attached hydrogen (secondary N) is 2. The fourth-order valence-corrected chi connectivity index (χ4v) is 5.68. The SMILES string of the molecule is O=C(c1cnc(NCCCCCNS(=O)(=O)c2cccs2)s1)c1ccccc1Cl. The van der Waals surface area contributed by atoms with Crippen molar-refractivity contribution >= 4 is 55.2 Å². The number of unbranched alkanes of at least 4 members (excludes halogenated alkanes) is 2. The van der Waals surface area contributed by atoms with Crippen LogP contribution in [0, 0.1) is 0 Å². The molecule has 0 saturated carbocycles. The van der Waals surface area contributed by atoms with Gasteiger partial charge in [0.2, 0.25) is 15.8 Å². The molecule has 0 aliphatic heterocycles. The van der Waals surface area contributed by atoms with Crippen molar-refractivity contribution in [3.8, 4) is 0 Å². The summed E-state index contributed by atoms with van der Waals surface area (Å²) in [7, 11) is -3.38. The number of carbonyl (C=O) groups is 1. The van der Waals surface area contributed by atoms with Crippen LogP contribution >= 0.6 is 34.3 Å². The molecule has 10 heteroatoms. The number of rotatable bonds is 11. The van der Waals surface area contributed by atoms with Gasteiger partial charge in [0.1, 0.15) is 4.21 Å². The van der Waals surface area contributed by atoms with Gasteiger partial charge < -0.3 is 5.32 Å². The molecule has 0 fully saturated rings. The summed E-state index contributed by atoms with van der Waals surface area (Å²) in [6.07, 6.45) is 4.04. The fraction of sp³-hybridized carbons (Fsp3) is 0.263. The molecule has 6 nitrogen and oxygen atoms in total. The highest BCUT2D eigenvalue weighted by Crippen LogP contribution is 2.24. The number of carbonyl (C=O) groups excluding carboxylic acids is 1. The minimum atomic E-state index is -3.38. The van der Waals surface area contributed by atoms with E-state index in [1.54, 1.807) is 48.0 Å². The Labute approximate surface area is 183 Å². The van der Waals surface area contributed by atoms with Gasteiger partial charge >= 0.3 is 0 Å². The summed E-state index contributed by atoms with van der Waals surface area (Å²) in [4.78, 5) is 17.3. The number of thiazole rings is 1. The summed E-state index contributed by atoms with van der Waals surface area (Å²) in [5.41, 5.74) is 0.467. The molecule has 0 amide bonds. The van der Waals surface area contributed by atoms with Gasteiger partial charge in [-0.3, -0.25) is 4.79 Å². The van der Waals surface area contributed by atoms with Gasteiger partial charge in [-0.05, 0) is 36.4 Å². The zero-order valence-corrected chi connectivity index (χ0v) is 18.6. The summed E-state index contributed by atoms with van der Waals surface area (Å²) in [6, 6.07) is 10.3. The second-order valence-corrected chi connectivity index (χ2v) is 10.5. The van der Waals surface area contributed by atoms with Crippen molar-refractivity contribution in [1.29, 1.82) is 0 Å². The third-order valence-electron chi connectivity index (χ3n) is 4.03. The number of nitrogens with zero attached hydrogens (tertiary/aromatic N) is 1. The fourth-order valence-electron chi connectivity index (χ4n) is 2.56. The number of anilines is 1. The molecular formula is C19H20ClN3O3S3. The lowest BCUT2D eigenvalue weighted by atomic mass is 10.1. The van der Waals surface area contributed by atoms with Gasteiger partial charge in [-0.15, -0.1) is 11.3 Å². The molecule has 29 heavy (non-hydrogen) atoms. The number of hydrogen-bond acceptors (Lipinski definition) is 7. The molecule has 0 spiro atoms. The standard InChI is InChI=1S/C19H20ClN3O3S3/c20-15-8-3-2-7-14(15)18(24)16-13-22-19(28-16)21-10-4-1-5-11-23-29(25,26)17-9-6-12-27-17/h2-3,6-9,12-13,23H,1,4-5,10-11H2,(H,21,22). The monoisotopic (exact) mass is 469 g/mol. The van der Waals surface area contributed by atoms with Crippen LogP contribution in [0.4, 0.5) is 5.13 Å². The first-order valence-corrected chi connectivity index (χ1v) is 12.6. The van der Waals surface area contributed by atoms with Crippen molar-refractivity contribution in [1.82, 2.24) is 9.71 Å². The second kappa shape index (κ2) is 10.3. The van der Waals surface area contributed by atoms with E-state index in [0.29, 0.717) is 37.9 Å². The van der Waals surface area contributed by atoms with Crippen molar-refractivity contribution in [3.63, 3.8) is 0 Å². The highest BCUT2D eigenvalue weighted by molar-refractivity contribution is 7.91. The topological polar surface area (TPSA) is 88.2 Å². The van der Waals surface area contributed by atoms with E-state index >= 15 is 0 Å². The van der Waals surface area contributed by atoms with Gasteiger partial charge in [0, 0.05) is 18.7 Å². The number of benzene rings is 1. The molecule has 0 saturated heterocycles. The van der Waals surface area contributed by atoms with E-state index < -0.39 is 10.0 Å². The molecular weight excluding hydrogens is 450 g/mol. The van der Waals surface area contributed by atoms with Crippen molar-refractivity contribution in [3.05, 3.63) is 63.4 Å². The maximum atomic E-state index is 12.5. The van der Waals surface area contributed by atoms with Crippen LogP contribution in [0.3, 0.4) is 0 Å². The van der Waals surface area contributed by atoms with Crippen molar-refractivity contribution < 1.29 is 13.2 Å². The van der Waals surface area contributed by atoms with E-state index in [9.17, 15) is 13.2 Å². The molecule has 0 aliphatic carbocycles. The van der Waals surface area contributed by atoms with Crippen molar-refractivity contribution in [2.45, 2.75) is 23.5 Å². The average Bonchev–Trinajstić information content (AvgIpc) is 3.40. The Morgan fingerprint density at radius 1 is 1.07 bits per heavy atom. The van der Waals surface area contributed by atoms with E-state index in [1.807, 2.05) is 0 Å². The molecule has 0 aliphatic rings. The third-order valence-corrected chi connectivity index (χ3v) is 8.17. The predicted molar refractivity (Wildman–Crippen MR) is 119 cm³/mol. The van der Waals surface area contributed by atoms with E-state index in [2.05, 4.69) is 15.0 Å². The van der Waals surface area contributed by atoms with Crippen LogP contribution in [0.15, 0.2) is 52.2 Å². The molecule has 0 bridgehead atoms. The summed E-state index contributed by atoms with van der Waals surface area (Å²) < 4.78 is 26.9. The van der Waals surface area contributed by atoms with Crippen LogP contribution in [-0.4, -0.2) is 32.3 Å². The molecule has 2 aromatic heterocycles. The number of thiophene rings is 1. The molecule has 2 N–H and O–H groups in total. The largest absolute Gasteiger partial charge is 0.362 e. The number of hydrogen-bond donors (Lipinski definition) is 2. The van der Waals surface area contributed by atoms with Crippen LogP contribution in [-0.2, 0) is 10.0 Å². The van der Waals surface area contributed by atoms with Gasteiger partial charge in [0.25, 0.3) is 0 Å². The van der Waals surface area contributed by atoms with Gasteiger partial charge in [-0.2, -0.15) is 0 Å². The molecule has 2 heterocycles. The van der Waals surface area contributed by atoms with Crippen LogP contribution in [0.25, 0.3) is 0 Å². The smallest absolute Gasteiger partial charge is 0.250 e. The molecule has 1 aromatic carbocycles. The normalized spacial score (nSPS) is 11.5. The molecule has 0 atom stereocenters. The number of ketones is 1. The Hall–Kier alpha value is -1.78. The summed E-state index contributed by atoms with van der Waals surface area (Å²) >= 11 is 8.58. The van der Waals surface area contributed by atoms with Gasteiger partial charge in [0.05, 0.1) is 16.1 Å². The second-order valence-electron chi connectivity index (χ2n) is 6.16. The third kappa shape index (κ3) is 6.10. The molecule has 3 aromatic rings. The van der Waals surface area contributed by atoms with Crippen LogP contribution in [0.2, 0.25) is 5.02 Å². The Bertz CT molecular complexity index is 1050. The highest BCUT2D eigenvalue weighted by Gasteiger charge is 2.16. The Morgan fingerprint density at radius 2 is 1.86 bits per heavy atom. The summed E-state index contributed by atoms with van der Waals surface area (Å²) in [5.74, 6) is -0.140. The molecule has 154 valence electrons. The number of halogens is 1.